The minimum atomic E-state index is -4.47. The van der Waals surface area contributed by atoms with Crippen molar-refractivity contribution in [2.24, 2.45) is 0 Å². The molecule has 0 aliphatic rings. The van der Waals surface area contributed by atoms with Crippen LogP contribution >= 0.6 is 0 Å². The van der Waals surface area contributed by atoms with Gasteiger partial charge < -0.3 is 5.32 Å². The van der Waals surface area contributed by atoms with Crippen LogP contribution < -0.4 is 10.9 Å². The average Bonchev–Trinajstić information content (AvgIpc) is 2.75. The molecule has 0 spiro atoms. The maximum Gasteiger partial charge on any atom is 0.416 e. The smallest absolute Gasteiger partial charge is 0.322 e. The first-order chi connectivity index (χ1) is 15.1. The van der Waals surface area contributed by atoms with Gasteiger partial charge in [0.1, 0.15) is 5.82 Å². The van der Waals surface area contributed by atoms with Gasteiger partial charge >= 0.3 is 6.18 Å². The van der Waals surface area contributed by atoms with E-state index in [1.807, 2.05) is 0 Å². The zero-order valence-electron chi connectivity index (χ0n) is 17.1. The van der Waals surface area contributed by atoms with Gasteiger partial charge in [-0.1, -0.05) is 0 Å². The van der Waals surface area contributed by atoms with Crippen molar-refractivity contribution in [1.29, 1.82) is 0 Å². The van der Waals surface area contributed by atoms with E-state index in [4.69, 9.17) is 0 Å². The number of pyridine rings is 1. The number of hydrogen-bond donors (Lipinski definition) is 1. The zero-order valence-corrected chi connectivity index (χ0v) is 17.1. The molecule has 4 rings (SSSR count). The van der Waals surface area contributed by atoms with Crippen LogP contribution in [0.1, 0.15) is 27.3 Å². The minimum Gasteiger partial charge on any atom is -0.322 e. The quantitative estimate of drug-likeness (QED) is 0.504. The molecule has 0 fully saturated rings. The lowest BCUT2D eigenvalue weighted by atomic mass is 10.1. The molecule has 2 aromatic heterocycles. The highest BCUT2D eigenvalue weighted by molar-refractivity contribution is 6.04. The van der Waals surface area contributed by atoms with Crippen LogP contribution in [0.2, 0.25) is 0 Å². The highest BCUT2D eigenvalue weighted by Gasteiger charge is 2.30. The minimum absolute atomic E-state index is 0.0970. The molecule has 0 aliphatic carbocycles. The van der Waals surface area contributed by atoms with Crippen molar-refractivity contribution in [1.82, 2.24) is 14.5 Å². The number of amides is 1. The number of aromatic nitrogens is 3. The first-order valence-corrected chi connectivity index (χ1v) is 9.59. The second-order valence-corrected chi connectivity index (χ2v) is 7.20. The van der Waals surface area contributed by atoms with E-state index in [-0.39, 0.29) is 11.1 Å². The van der Waals surface area contributed by atoms with Gasteiger partial charge in [0.15, 0.2) is 5.65 Å². The summed E-state index contributed by atoms with van der Waals surface area (Å²) in [6.07, 6.45) is -2.90. The Morgan fingerprint density at radius 2 is 1.75 bits per heavy atom. The Kier molecular flexibility index (Phi) is 5.25. The highest BCUT2D eigenvalue weighted by atomic mass is 19.4. The molecule has 0 bridgehead atoms. The molecular formula is C23H17F3N4O2. The molecule has 2 aromatic carbocycles. The number of fused-ring (bicyclic) bond motifs is 1. The Bertz CT molecular complexity index is 1390. The molecule has 32 heavy (non-hydrogen) atoms. The molecule has 6 nitrogen and oxygen atoms in total. The zero-order chi connectivity index (χ0) is 23.0. The number of benzene rings is 2. The van der Waals surface area contributed by atoms with Crippen molar-refractivity contribution in [2.75, 3.05) is 5.32 Å². The predicted octanol–water partition coefficient (Wildman–Crippen LogP) is 4.67. The molecule has 1 N–H and O–H groups in total. The van der Waals surface area contributed by atoms with Crippen molar-refractivity contribution in [3.63, 3.8) is 0 Å². The van der Waals surface area contributed by atoms with Gasteiger partial charge in [-0.05, 0) is 74.0 Å². The standard InChI is InChI=1S/C23H17F3N4O2/c1-13-12-17(30-14(2)28-20-18(22(30)32)4-3-11-27-20)9-10-19(13)29-21(31)15-5-7-16(8-6-15)23(24,25)26/h3-12H,1-2H3,(H,29,31). The summed E-state index contributed by atoms with van der Waals surface area (Å²) in [6, 6.07) is 12.3. The number of aryl methyl sites for hydroxylation is 2. The summed E-state index contributed by atoms with van der Waals surface area (Å²) in [4.78, 5) is 33.9. The van der Waals surface area contributed by atoms with E-state index in [9.17, 15) is 22.8 Å². The molecule has 0 unspecified atom stereocenters. The Labute approximate surface area is 180 Å². The summed E-state index contributed by atoms with van der Waals surface area (Å²) in [5.41, 5.74) is 1.08. The van der Waals surface area contributed by atoms with Gasteiger partial charge in [-0.3, -0.25) is 14.2 Å². The van der Waals surface area contributed by atoms with Crippen LogP contribution in [0.5, 0.6) is 0 Å². The van der Waals surface area contributed by atoms with Gasteiger partial charge in [-0.25, -0.2) is 9.97 Å². The third kappa shape index (κ3) is 3.96. The summed E-state index contributed by atoms with van der Waals surface area (Å²) in [7, 11) is 0. The molecule has 4 aromatic rings. The molecule has 162 valence electrons. The molecule has 0 saturated heterocycles. The number of carbonyl (C=O) groups excluding carboxylic acids is 1. The maximum atomic E-state index is 12.9. The lowest BCUT2D eigenvalue weighted by molar-refractivity contribution is -0.137. The monoisotopic (exact) mass is 438 g/mol. The largest absolute Gasteiger partial charge is 0.416 e. The first kappa shape index (κ1) is 21.2. The number of nitrogens with zero attached hydrogens (tertiary/aromatic N) is 3. The van der Waals surface area contributed by atoms with Gasteiger partial charge in [0, 0.05) is 17.4 Å². The van der Waals surface area contributed by atoms with E-state index < -0.39 is 17.6 Å². The van der Waals surface area contributed by atoms with Crippen LogP contribution in [0.3, 0.4) is 0 Å². The fourth-order valence-corrected chi connectivity index (χ4v) is 3.36. The summed E-state index contributed by atoms with van der Waals surface area (Å²) >= 11 is 0. The highest BCUT2D eigenvalue weighted by Crippen LogP contribution is 2.29. The number of carbonyl (C=O) groups is 1. The number of hydrogen-bond acceptors (Lipinski definition) is 4. The van der Waals surface area contributed by atoms with Gasteiger partial charge in [0.2, 0.25) is 0 Å². The summed E-state index contributed by atoms with van der Waals surface area (Å²) < 4.78 is 39.6. The van der Waals surface area contributed by atoms with Crippen molar-refractivity contribution in [2.45, 2.75) is 20.0 Å². The molecule has 0 saturated carbocycles. The topological polar surface area (TPSA) is 76.9 Å². The molecular weight excluding hydrogens is 421 g/mol. The lowest BCUT2D eigenvalue weighted by Crippen LogP contribution is -2.23. The van der Waals surface area contributed by atoms with Crippen molar-refractivity contribution in [3.05, 3.63) is 93.7 Å². The summed E-state index contributed by atoms with van der Waals surface area (Å²) in [5, 5.41) is 3.07. The molecule has 9 heteroatoms. The maximum absolute atomic E-state index is 12.9. The van der Waals surface area contributed by atoms with Crippen LogP contribution in [0.4, 0.5) is 18.9 Å². The summed E-state index contributed by atoms with van der Waals surface area (Å²) in [6.45, 7) is 3.45. The number of halogens is 3. The van der Waals surface area contributed by atoms with Crippen LogP contribution in [0, 0.1) is 13.8 Å². The van der Waals surface area contributed by atoms with Gasteiger partial charge in [-0.15, -0.1) is 0 Å². The van der Waals surface area contributed by atoms with E-state index in [0.717, 1.165) is 24.3 Å². The number of nitrogens with one attached hydrogen (secondary N) is 1. The normalized spacial score (nSPS) is 11.5. The van der Waals surface area contributed by atoms with E-state index in [0.29, 0.717) is 33.8 Å². The van der Waals surface area contributed by atoms with Gasteiger partial charge in [-0.2, -0.15) is 13.2 Å². The van der Waals surface area contributed by atoms with Crippen molar-refractivity contribution < 1.29 is 18.0 Å². The van der Waals surface area contributed by atoms with Crippen LogP contribution in [-0.4, -0.2) is 20.4 Å². The first-order valence-electron chi connectivity index (χ1n) is 9.59. The molecule has 2 heterocycles. The molecule has 0 aliphatic heterocycles. The Morgan fingerprint density at radius 1 is 1.03 bits per heavy atom. The summed E-state index contributed by atoms with van der Waals surface area (Å²) in [5.74, 6) is -0.0801. The SMILES string of the molecule is Cc1cc(-n2c(C)nc3ncccc3c2=O)ccc1NC(=O)c1ccc(C(F)(F)F)cc1. The third-order valence-electron chi connectivity index (χ3n) is 5.00. The van der Waals surface area contributed by atoms with Crippen molar-refractivity contribution in [3.8, 4) is 5.69 Å². The second-order valence-electron chi connectivity index (χ2n) is 7.20. The molecule has 0 atom stereocenters. The van der Waals surface area contributed by atoms with Crippen LogP contribution in [-0.2, 0) is 6.18 Å². The van der Waals surface area contributed by atoms with Crippen LogP contribution in [0.15, 0.2) is 65.6 Å². The van der Waals surface area contributed by atoms with Gasteiger partial charge in [0.25, 0.3) is 11.5 Å². The fourth-order valence-electron chi connectivity index (χ4n) is 3.36. The Balaban J connectivity index is 1.63. The Hall–Kier alpha value is -4.01. The molecule has 1 amide bonds. The van der Waals surface area contributed by atoms with Crippen molar-refractivity contribution >= 4 is 22.6 Å². The fraction of sp³-hybridized carbons (Fsp3) is 0.130. The predicted molar refractivity (Wildman–Crippen MR) is 114 cm³/mol. The lowest BCUT2D eigenvalue weighted by Gasteiger charge is -2.14. The van der Waals surface area contributed by atoms with E-state index >= 15 is 0 Å². The van der Waals surface area contributed by atoms with E-state index in [2.05, 4.69) is 15.3 Å². The van der Waals surface area contributed by atoms with E-state index in [1.54, 1.807) is 50.4 Å². The number of anilines is 1. The van der Waals surface area contributed by atoms with E-state index in [1.165, 1.54) is 4.57 Å². The number of alkyl halides is 3. The molecule has 0 radical (unpaired) electrons. The number of rotatable bonds is 3. The van der Waals surface area contributed by atoms with Gasteiger partial charge in [0.05, 0.1) is 16.6 Å². The Morgan fingerprint density at radius 3 is 2.41 bits per heavy atom. The second kappa shape index (κ2) is 7.92. The average molecular weight is 438 g/mol. The van der Waals surface area contributed by atoms with Crippen LogP contribution in [0.25, 0.3) is 16.7 Å². The third-order valence-corrected chi connectivity index (χ3v) is 5.00.